The van der Waals surface area contributed by atoms with Crippen molar-refractivity contribution in [2.45, 2.75) is 33.9 Å². The van der Waals surface area contributed by atoms with Crippen molar-refractivity contribution in [3.8, 4) is 24.2 Å². The summed E-state index contributed by atoms with van der Waals surface area (Å²) in [6, 6.07) is 0. The lowest BCUT2D eigenvalue weighted by atomic mass is 10.2. The number of terminal acetylenes is 2. The second-order valence-corrected chi connectivity index (χ2v) is 8.45. The van der Waals surface area contributed by atoms with E-state index >= 15 is 0 Å². The first kappa shape index (κ1) is 13.4. The molecule has 0 aliphatic heterocycles. The second kappa shape index (κ2) is 5.60. The first-order chi connectivity index (χ1) is 7.52. The highest BCUT2D eigenvalue weighted by Crippen LogP contribution is 2.47. The van der Waals surface area contributed by atoms with E-state index in [1.807, 2.05) is 0 Å². The smallest absolute Gasteiger partial charge is 0.0501 e. The summed E-state index contributed by atoms with van der Waals surface area (Å²) in [5.74, 6) is 0. The van der Waals surface area contributed by atoms with Crippen molar-refractivity contribution in [1.82, 2.24) is 0 Å². The Hall–Kier alpha value is -0.670. The Labute approximate surface area is 102 Å². The van der Waals surface area contributed by atoms with Gasteiger partial charge in [-0.05, 0) is 61.7 Å². The Morgan fingerprint density at radius 1 is 1.00 bits per heavy atom. The van der Waals surface area contributed by atoms with Crippen LogP contribution in [0.25, 0.3) is 0 Å². The van der Waals surface area contributed by atoms with E-state index in [-0.39, 0.29) is 7.53 Å². The Morgan fingerprint density at radius 2 is 1.44 bits per heavy atom. The van der Waals surface area contributed by atoms with Crippen molar-refractivity contribution >= 4 is 15.5 Å². The van der Waals surface area contributed by atoms with E-state index in [9.17, 15) is 0 Å². The third kappa shape index (κ3) is 2.53. The van der Waals surface area contributed by atoms with Crippen LogP contribution < -0.4 is 0 Å². The SMILES string of the molecule is C#CP(C#C)CCp1c(C)c(C)c(C)c1C. The molecule has 0 saturated heterocycles. The lowest BCUT2D eigenvalue weighted by molar-refractivity contribution is 1.32. The molecule has 0 radical (unpaired) electrons. The summed E-state index contributed by atoms with van der Waals surface area (Å²) in [5.41, 5.74) is 8.43. The molecule has 0 atom stereocenters. The molecule has 84 valence electrons. The van der Waals surface area contributed by atoms with Crippen LogP contribution in [0, 0.1) is 51.9 Å². The molecule has 0 bridgehead atoms. The molecule has 0 aliphatic carbocycles. The summed E-state index contributed by atoms with van der Waals surface area (Å²) in [4.78, 5) is 0. The van der Waals surface area contributed by atoms with Gasteiger partial charge in [-0.1, -0.05) is 11.3 Å². The van der Waals surface area contributed by atoms with E-state index in [0.717, 1.165) is 6.16 Å². The fraction of sp³-hybridized carbons (Fsp3) is 0.429. The molecule has 0 nitrogen and oxygen atoms in total. The van der Waals surface area contributed by atoms with E-state index in [4.69, 9.17) is 12.8 Å². The average molecular weight is 248 g/mol. The molecular formula is C14H18P2. The normalized spacial score (nSPS) is 10.2. The molecule has 0 unspecified atom stereocenters. The van der Waals surface area contributed by atoms with Gasteiger partial charge < -0.3 is 0 Å². The second-order valence-electron chi connectivity index (χ2n) is 3.98. The van der Waals surface area contributed by atoms with E-state index in [1.54, 1.807) is 10.6 Å². The van der Waals surface area contributed by atoms with Crippen LogP contribution in [-0.2, 0) is 6.16 Å². The zero-order valence-corrected chi connectivity index (χ0v) is 12.3. The first-order valence-corrected chi connectivity index (χ1v) is 8.41. The minimum absolute atomic E-state index is 0.106. The summed E-state index contributed by atoms with van der Waals surface area (Å²) in [7, 11) is -0.718. The summed E-state index contributed by atoms with van der Waals surface area (Å²) < 4.78 is 0. The lowest BCUT2D eigenvalue weighted by Crippen LogP contribution is -1.81. The Balaban J connectivity index is 2.88. The van der Waals surface area contributed by atoms with Crippen molar-refractivity contribution in [3.63, 3.8) is 0 Å². The topological polar surface area (TPSA) is 0 Å². The van der Waals surface area contributed by atoms with Crippen molar-refractivity contribution in [1.29, 1.82) is 0 Å². The van der Waals surface area contributed by atoms with Crippen molar-refractivity contribution in [2.75, 3.05) is 6.16 Å². The van der Waals surface area contributed by atoms with Crippen molar-refractivity contribution in [3.05, 3.63) is 21.7 Å². The van der Waals surface area contributed by atoms with E-state index < -0.39 is 7.92 Å². The average Bonchev–Trinajstić information content (AvgIpc) is 2.47. The van der Waals surface area contributed by atoms with Crippen LogP contribution >= 0.6 is 15.5 Å². The van der Waals surface area contributed by atoms with Gasteiger partial charge >= 0.3 is 0 Å². The van der Waals surface area contributed by atoms with Crippen LogP contribution in [0.2, 0.25) is 0 Å². The zero-order chi connectivity index (χ0) is 12.3. The van der Waals surface area contributed by atoms with Crippen LogP contribution in [-0.4, -0.2) is 6.16 Å². The number of hydrogen-bond donors (Lipinski definition) is 0. The van der Waals surface area contributed by atoms with Crippen LogP contribution in [0.15, 0.2) is 0 Å². The Morgan fingerprint density at radius 3 is 1.81 bits per heavy atom. The minimum Gasteiger partial charge on any atom is -0.118 e. The summed E-state index contributed by atoms with van der Waals surface area (Å²) in [6.07, 6.45) is 13.0. The highest BCUT2D eigenvalue weighted by Gasteiger charge is 2.12. The third-order valence-corrected chi connectivity index (χ3v) is 7.92. The molecule has 16 heavy (non-hydrogen) atoms. The van der Waals surface area contributed by atoms with Gasteiger partial charge in [-0.15, -0.1) is 20.4 Å². The molecule has 1 heterocycles. The van der Waals surface area contributed by atoms with Crippen molar-refractivity contribution < 1.29 is 0 Å². The zero-order valence-electron chi connectivity index (χ0n) is 10.5. The molecule has 1 aromatic rings. The summed E-state index contributed by atoms with van der Waals surface area (Å²) >= 11 is 0. The molecule has 0 amide bonds. The monoisotopic (exact) mass is 248 g/mol. The molecule has 0 fully saturated rings. The van der Waals surface area contributed by atoms with Crippen LogP contribution in [0.3, 0.4) is 0 Å². The molecular weight excluding hydrogens is 230 g/mol. The molecule has 0 saturated carbocycles. The predicted molar refractivity (Wildman–Crippen MR) is 77.6 cm³/mol. The van der Waals surface area contributed by atoms with Gasteiger partial charge in [0, 0.05) is 0 Å². The van der Waals surface area contributed by atoms with Gasteiger partial charge in [-0.25, -0.2) is 0 Å². The fourth-order valence-electron chi connectivity index (χ4n) is 1.90. The van der Waals surface area contributed by atoms with Gasteiger partial charge in [-0.3, -0.25) is 0 Å². The van der Waals surface area contributed by atoms with Gasteiger partial charge in [0.1, 0.15) is 0 Å². The standard InChI is InChI=1S/C14H18P2/c1-7-15(8-2)9-10-16-13(5)11(3)12(4)14(16)6/h1-2H,9-10H2,3-6H3. The maximum absolute atomic E-state index is 5.41. The third-order valence-electron chi connectivity index (χ3n) is 3.32. The minimum atomic E-state index is -0.612. The van der Waals surface area contributed by atoms with Gasteiger partial charge in [0.05, 0.1) is 7.92 Å². The van der Waals surface area contributed by atoms with Gasteiger partial charge in [0.25, 0.3) is 0 Å². The summed E-state index contributed by atoms with van der Waals surface area (Å²) in [5, 5.41) is 3.13. The van der Waals surface area contributed by atoms with E-state index in [1.165, 1.54) is 17.3 Å². The maximum Gasteiger partial charge on any atom is 0.0501 e. The predicted octanol–water partition coefficient (Wildman–Crippen LogP) is 4.57. The molecule has 0 N–H and O–H groups in total. The quantitative estimate of drug-likeness (QED) is 0.543. The van der Waals surface area contributed by atoms with Crippen LogP contribution in [0.1, 0.15) is 21.7 Å². The molecule has 0 aromatic carbocycles. The molecule has 2 heteroatoms. The number of hydrogen-bond acceptors (Lipinski definition) is 0. The lowest BCUT2D eigenvalue weighted by Gasteiger charge is -2.06. The van der Waals surface area contributed by atoms with Crippen LogP contribution in [0.5, 0.6) is 0 Å². The van der Waals surface area contributed by atoms with Crippen molar-refractivity contribution in [2.24, 2.45) is 0 Å². The Bertz CT molecular complexity index is 427. The Kier molecular flexibility index (Phi) is 4.69. The van der Waals surface area contributed by atoms with Crippen LogP contribution in [0.4, 0.5) is 0 Å². The largest absolute Gasteiger partial charge is 0.118 e. The number of rotatable bonds is 3. The molecule has 0 spiro atoms. The first-order valence-electron chi connectivity index (χ1n) is 5.35. The highest BCUT2D eigenvalue weighted by atomic mass is 31.1. The molecule has 0 aliphatic rings. The van der Waals surface area contributed by atoms with Gasteiger partial charge in [-0.2, -0.15) is 0 Å². The van der Waals surface area contributed by atoms with E-state index in [0.29, 0.717) is 0 Å². The molecule has 1 aromatic heterocycles. The fourth-order valence-corrected chi connectivity index (χ4v) is 6.15. The molecule has 1 rings (SSSR count). The van der Waals surface area contributed by atoms with Gasteiger partial charge in [0.2, 0.25) is 0 Å². The van der Waals surface area contributed by atoms with E-state index in [2.05, 4.69) is 39.0 Å². The maximum atomic E-state index is 5.41. The summed E-state index contributed by atoms with van der Waals surface area (Å²) in [6.45, 7) is 8.97. The highest BCUT2D eigenvalue weighted by molar-refractivity contribution is 7.68. The van der Waals surface area contributed by atoms with Gasteiger partial charge in [0.15, 0.2) is 0 Å².